The fourth-order valence-corrected chi connectivity index (χ4v) is 1.59. The SMILES string of the molecule is CCC(CC)c1nnc(S(=O)(=O)F)[nH]1. The Kier molecular flexibility index (Phi) is 3.20. The van der Waals surface area contributed by atoms with Crippen LogP contribution in [-0.2, 0) is 10.2 Å². The number of nitrogens with one attached hydrogen (secondary N) is 1. The first-order valence-electron chi connectivity index (χ1n) is 4.36. The van der Waals surface area contributed by atoms with Crippen molar-refractivity contribution >= 4 is 10.2 Å². The van der Waals surface area contributed by atoms with Gasteiger partial charge in [0, 0.05) is 5.92 Å². The smallest absolute Gasteiger partial charge is 0.313 e. The van der Waals surface area contributed by atoms with Gasteiger partial charge in [-0.3, -0.25) is 0 Å². The molecule has 0 saturated heterocycles. The highest BCUT2D eigenvalue weighted by Gasteiger charge is 2.20. The molecule has 0 radical (unpaired) electrons. The van der Waals surface area contributed by atoms with E-state index < -0.39 is 15.4 Å². The van der Waals surface area contributed by atoms with Gasteiger partial charge in [0.2, 0.25) is 0 Å². The summed E-state index contributed by atoms with van der Waals surface area (Å²) in [4.78, 5) is 2.37. The van der Waals surface area contributed by atoms with Gasteiger partial charge in [-0.1, -0.05) is 17.7 Å². The molecular formula is C7H12FN3O2S. The van der Waals surface area contributed by atoms with Crippen LogP contribution in [0.15, 0.2) is 5.16 Å². The molecule has 0 saturated carbocycles. The topological polar surface area (TPSA) is 75.7 Å². The van der Waals surface area contributed by atoms with Crippen molar-refractivity contribution in [1.82, 2.24) is 15.2 Å². The van der Waals surface area contributed by atoms with E-state index >= 15 is 0 Å². The van der Waals surface area contributed by atoms with Gasteiger partial charge in [-0.05, 0) is 12.8 Å². The van der Waals surface area contributed by atoms with E-state index in [4.69, 9.17) is 0 Å². The Labute approximate surface area is 82.0 Å². The van der Waals surface area contributed by atoms with Crippen molar-refractivity contribution in [2.24, 2.45) is 0 Å². The molecule has 0 atom stereocenters. The molecule has 1 aromatic heterocycles. The Morgan fingerprint density at radius 1 is 1.36 bits per heavy atom. The minimum Gasteiger partial charge on any atom is -0.313 e. The van der Waals surface area contributed by atoms with E-state index in [9.17, 15) is 12.3 Å². The normalized spacial score (nSPS) is 12.3. The molecule has 0 amide bonds. The lowest BCUT2D eigenvalue weighted by molar-refractivity contribution is 0.542. The summed E-state index contributed by atoms with van der Waals surface area (Å²) in [5, 5.41) is 6.13. The van der Waals surface area contributed by atoms with Crippen molar-refractivity contribution in [3.8, 4) is 0 Å². The van der Waals surface area contributed by atoms with E-state index in [-0.39, 0.29) is 5.92 Å². The van der Waals surface area contributed by atoms with E-state index in [0.29, 0.717) is 5.82 Å². The molecule has 7 heteroatoms. The van der Waals surface area contributed by atoms with Crippen LogP contribution >= 0.6 is 0 Å². The second-order valence-corrected chi connectivity index (χ2v) is 4.23. The number of aromatic nitrogens is 3. The number of halogens is 1. The standard InChI is InChI=1S/C7H12FN3O2S/c1-3-5(4-2)6-9-7(11-10-6)14(8,12)13/h5H,3-4H2,1-2H3,(H,9,10,11). The summed E-state index contributed by atoms with van der Waals surface area (Å²) in [6, 6.07) is 0. The van der Waals surface area contributed by atoms with Crippen molar-refractivity contribution in [3.05, 3.63) is 5.82 Å². The van der Waals surface area contributed by atoms with Crippen LogP contribution in [0, 0.1) is 0 Å². The minimum atomic E-state index is -4.76. The summed E-state index contributed by atoms with van der Waals surface area (Å²) in [5.41, 5.74) is 0. The Morgan fingerprint density at radius 3 is 2.29 bits per heavy atom. The zero-order chi connectivity index (χ0) is 10.8. The largest absolute Gasteiger partial charge is 0.368 e. The van der Waals surface area contributed by atoms with E-state index in [0.717, 1.165) is 12.8 Å². The second kappa shape index (κ2) is 4.04. The van der Waals surface area contributed by atoms with Gasteiger partial charge < -0.3 is 4.98 Å². The monoisotopic (exact) mass is 221 g/mol. The number of hydrogen-bond donors (Lipinski definition) is 1. The molecule has 0 spiro atoms. The van der Waals surface area contributed by atoms with Gasteiger partial charge in [0.1, 0.15) is 5.82 Å². The molecule has 0 aliphatic rings. The maximum atomic E-state index is 12.4. The lowest BCUT2D eigenvalue weighted by atomic mass is 10.0. The van der Waals surface area contributed by atoms with Crippen LogP contribution in [0.3, 0.4) is 0 Å². The predicted octanol–water partition coefficient (Wildman–Crippen LogP) is 1.37. The van der Waals surface area contributed by atoms with Crippen molar-refractivity contribution in [1.29, 1.82) is 0 Å². The quantitative estimate of drug-likeness (QED) is 0.779. The highest BCUT2D eigenvalue weighted by atomic mass is 32.3. The number of hydrogen-bond acceptors (Lipinski definition) is 4. The average molecular weight is 221 g/mol. The van der Waals surface area contributed by atoms with Gasteiger partial charge in [-0.2, -0.15) is 8.42 Å². The number of nitrogens with zero attached hydrogens (tertiary/aromatic N) is 2. The molecule has 0 unspecified atom stereocenters. The summed E-state index contributed by atoms with van der Waals surface area (Å²) >= 11 is 0. The molecule has 80 valence electrons. The van der Waals surface area contributed by atoms with Crippen LogP contribution in [0.5, 0.6) is 0 Å². The first kappa shape index (κ1) is 11.1. The Morgan fingerprint density at radius 2 is 1.93 bits per heavy atom. The summed E-state index contributed by atoms with van der Waals surface area (Å²) in [5.74, 6) is 0.518. The van der Waals surface area contributed by atoms with E-state index in [1.54, 1.807) is 0 Å². The number of H-pyrrole nitrogens is 1. The highest BCUT2D eigenvalue weighted by Crippen LogP contribution is 2.20. The third kappa shape index (κ3) is 2.28. The fraction of sp³-hybridized carbons (Fsp3) is 0.714. The van der Waals surface area contributed by atoms with Gasteiger partial charge in [0.25, 0.3) is 5.16 Å². The fourth-order valence-electron chi connectivity index (χ4n) is 1.23. The second-order valence-electron chi connectivity index (χ2n) is 2.97. The van der Waals surface area contributed by atoms with Crippen LogP contribution in [0.1, 0.15) is 38.4 Å². The molecule has 1 rings (SSSR count). The first-order chi connectivity index (χ1) is 6.49. The summed E-state index contributed by atoms with van der Waals surface area (Å²) < 4.78 is 33.3. The molecule has 0 aliphatic carbocycles. The molecule has 0 bridgehead atoms. The Balaban J connectivity index is 2.99. The zero-order valence-electron chi connectivity index (χ0n) is 7.99. The zero-order valence-corrected chi connectivity index (χ0v) is 8.81. The van der Waals surface area contributed by atoms with Crippen LogP contribution in [0.2, 0.25) is 0 Å². The molecule has 1 aromatic rings. The maximum absolute atomic E-state index is 12.4. The van der Waals surface area contributed by atoms with Gasteiger partial charge in [-0.25, -0.2) is 0 Å². The molecule has 0 aromatic carbocycles. The Bertz CT molecular complexity index is 397. The van der Waals surface area contributed by atoms with Gasteiger partial charge in [0.15, 0.2) is 0 Å². The van der Waals surface area contributed by atoms with E-state index in [2.05, 4.69) is 15.2 Å². The molecular weight excluding hydrogens is 209 g/mol. The van der Waals surface area contributed by atoms with Crippen LogP contribution < -0.4 is 0 Å². The van der Waals surface area contributed by atoms with E-state index in [1.165, 1.54) is 0 Å². The van der Waals surface area contributed by atoms with E-state index in [1.807, 2.05) is 13.8 Å². The summed E-state index contributed by atoms with van der Waals surface area (Å²) in [7, 11) is -4.76. The Hall–Kier alpha value is -0.980. The lowest BCUT2D eigenvalue weighted by Crippen LogP contribution is -1.99. The summed E-state index contributed by atoms with van der Waals surface area (Å²) in [6.07, 6.45) is 1.61. The van der Waals surface area contributed by atoms with Crippen molar-refractivity contribution in [2.45, 2.75) is 37.8 Å². The highest BCUT2D eigenvalue weighted by molar-refractivity contribution is 7.86. The third-order valence-corrected chi connectivity index (χ3v) is 2.73. The minimum absolute atomic E-state index is 0.0954. The summed E-state index contributed by atoms with van der Waals surface area (Å²) in [6.45, 7) is 3.89. The lowest BCUT2D eigenvalue weighted by Gasteiger charge is -2.06. The van der Waals surface area contributed by atoms with Crippen LogP contribution in [0.4, 0.5) is 3.89 Å². The number of aromatic amines is 1. The number of rotatable bonds is 4. The molecule has 14 heavy (non-hydrogen) atoms. The van der Waals surface area contributed by atoms with Crippen LogP contribution in [0.25, 0.3) is 0 Å². The van der Waals surface area contributed by atoms with Gasteiger partial charge in [0.05, 0.1) is 0 Å². The molecule has 1 N–H and O–H groups in total. The maximum Gasteiger partial charge on any atom is 0.368 e. The average Bonchev–Trinajstić information content (AvgIpc) is 2.54. The van der Waals surface area contributed by atoms with Crippen molar-refractivity contribution in [3.63, 3.8) is 0 Å². The van der Waals surface area contributed by atoms with Crippen molar-refractivity contribution in [2.75, 3.05) is 0 Å². The molecule has 5 nitrogen and oxygen atoms in total. The van der Waals surface area contributed by atoms with Gasteiger partial charge >= 0.3 is 10.2 Å². The third-order valence-electron chi connectivity index (χ3n) is 2.09. The van der Waals surface area contributed by atoms with Gasteiger partial charge in [-0.15, -0.1) is 10.2 Å². The molecule has 1 heterocycles. The molecule has 0 fully saturated rings. The molecule has 0 aliphatic heterocycles. The first-order valence-corrected chi connectivity index (χ1v) is 5.74. The predicted molar refractivity (Wildman–Crippen MR) is 48.0 cm³/mol. The van der Waals surface area contributed by atoms with Crippen molar-refractivity contribution < 1.29 is 12.3 Å². The van der Waals surface area contributed by atoms with Crippen LogP contribution in [-0.4, -0.2) is 23.6 Å².